The molecule has 0 spiro atoms. The van der Waals surface area contributed by atoms with Gasteiger partial charge in [-0.1, -0.05) is 12.1 Å². The number of carbonyl (C=O) groups is 1. The van der Waals surface area contributed by atoms with Crippen LogP contribution in [0.3, 0.4) is 0 Å². The van der Waals surface area contributed by atoms with Crippen molar-refractivity contribution in [2.45, 2.75) is 19.0 Å². The monoisotopic (exact) mass is 356 g/mol. The van der Waals surface area contributed by atoms with E-state index in [-0.39, 0.29) is 0 Å². The van der Waals surface area contributed by atoms with Gasteiger partial charge in [0.2, 0.25) is 0 Å². The summed E-state index contributed by atoms with van der Waals surface area (Å²) in [4.78, 5) is 13.4. The second-order valence-corrected chi connectivity index (χ2v) is 6.39. The van der Waals surface area contributed by atoms with Crippen LogP contribution in [0.1, 0.15) is 22.3 Å². The van der Waals surface area contributed by atoms with Gasteiger partial charge in [0.15, 0.2) is 0 Å². The lowest BCUT2D eigenvalue weighted by molar-refractivity contribution is 0.0696. The molecule has 0 saturated carbocycles. The average molecular weight is 356 g/mol. The minimum atomic E-state index is -0.897. The van der Waals surface area contributed by atoms with Crippen molar-refractivity contribution in [3.63, 3.8) is 0 Å². The van der Waals surface area contributed by atoms with Crippen molar-refractivity contribution < 1.29 is 19.4 Å². The van der Waals surface area contributed by atoms with Crippen LogP contribution in [0.2, 0.25) is 0 Å². The Morgan fingerprint density at radius 3 is 2.58 bits per heavy atom. The zero-order valence-electron chi connectivity index (χ0n) is 15.1. The fourth-order valence-electron chi connectivity index (χ4n) is 3.21. The number of benzene rings is 2. The molecule has 2 aromatic carbocycles. The molecule has 0 aliphatic carbocycles. The van der Waals surface area contributed by atoms with Gasteiger partial charge < -0.3 is 24.8 Å². The number of nitrogens with zero attached hydrogens (tertiary/aromatic N) is 1. The zero-order chi connectivity index (χ0) is 18.5. The van der Waals surface area contributed by atoms with Gasteiger partial charge in [0.05, 0.1) is 19.8 Å². The average Bonchev–Trinajstić information content (AvgIpc) is 3.15. The van der Waals surface area contributed by atoms with Gasteiger partial charge in [0, 0.05) is 49.6 Å². The standard InChI is InChI=1S/C20H24N2O4/c1-25-18-9-17(10-19(11-18)26-2)22-7-6-16(13-22)21-12-14-4-3-5-15(8-14)20(23)24/h3-5,8-11,16,21H,6-7,12-13H2,1-2H3,(H,23,24). The summed E-state index contributed by atoms with van der Waals surface area (Å²) in [6, 6.07) is 13.3. The van der Waals surface area contributed by atoms with Crippen LogP contribution in [-0.4, -0.2) is 44.4 Å². The van der Waals surface area contributed by atoms with Crippen molar-refractivity contribution in [1.29, 1.82) is 0 Å². The Hall–Kier alpha value is -2.73. The lowest BCUT2D eigenvalue weighted by Crippen LogP contribution is -2.32. The fraction of sp³-hybridized carbons (Fsp3) is 0.350. The molecule has 2 aromatic rings. The first-order chi connectivity index (χ1) is 12.6. The molecule has 0 aromatic heterocycles. The Morgan fingerprint density at radius 1 is 1.19 bits per heavy atom. The number of methoxy groups -OCH3 is 2. The van der Waals surface area contributed by atoms with E-state index >= 15 is 0 Å². The molecule has 1 fully saturated rings. The Bertz CT molecular complexity index is 756. The lowest BCUT2D eigenvalue weighted by atomic mass is 10.1. The highest BCUT2D eigenvalue weighted by Gasteiger charge is 2.23. The van der Waals surface area contributed by atoms with Gasteiger partial charge in [-0.25, -0.2) is 4.79 Å². The second kappa shape index (κ2) is 8.10. The van der Waals surface area contributed by atoms with Crippen LogP contribution in [0.4, 0.5) is 5.69 Å². The van der Waals surface area contributed by atoms with Gasteiger partial charge in [-0.3, -0.25) is 0 Å². The molecule has 1 unspecified atom stereocenters. The molecular formula is C20H24N2O4. The maximum absolute atomic E-state index is 11.1. The van der Waals surface area contributed by atoms with E-state index in [4.69, 9.17) is 14.6 Å². The van der Waals surface area contributed by atoms with Gasteiger partial charge in [-0.2, -0.15) is 0 Å². The van der Waals surface area contributed by atoms with Gasteiger partial charge in [0.1, 0.15) is 11.5 Å². The third-order valence-electron chi connectivity index (χ3n) is 4.66. The molecule has 26 heavy (non-hydrogen) atoms. The van der Waals surface area contributed by atoms with Crippen molar-refractivity contribution in [3.05, 3.63) is 53.6 Å². The topological polar surface area (TPSA) is 71.0 Å². The van der Waals surface area contributed by atoms with Crippen molar-refractivity contribution in [3.8, 4) is 11.5 Å². The molecule has 0 bridgehead atoms. The number of hydrogen-bond acceptors (Lipinski definition) is 5. The summed E-state index contributed by atoms with van der Waals surface area (Å²) >= 11 is 0. The maximum atomic E-state index is 11.1. The normalized spacial score (nSPS) is 16.5. The summed E-state index contributed by atoms with van der Waals surface area (Å²) in [7, 11) is 3.30. The molecule has 0 radical (unpaired) electrons. The summed E-state index contributed by atoms with van der Waals surface area (Å²) in [5, 5.41) is 12.6. The second-order valence-electron chi connectivity index (χ2n) is 6.39. The van der Waals surface area contributed by atoms with E-state index in [1.54, 1.807) is 32.4 Å². The van der Waals surface area contributed by atoms with Crippen molar-refractivity contribution in [1.82, 2.24) is 5.32 Å². The van der Waals surface area contributed by atoms with E-state index in [9.17, 15) is 4.79 Å². The molecule has 1 saturated heterocycles. The van der Waals surface area contributed by atoms with Crippen LogP contribution in [0, 0.1) is 0 Å². The number of aromatic carboxylic acids is 1. The van der Waals surface area contributed by atoms with E-state index in [1.165, 1.54) is 0 Å². The zero-order valence-corrected chi connectivity index (χ0v) is 15.1. The third kappa shape index (κ3) is 4.26. The maximum Gasteiger partial charge on any atom is 0.335 e. The van der Waals surface area contributed by atoms with Gasteiger partial charge in [0.25, 0.3) is 0 Å². The molecular weight excluding hydrogens is 332 g/mol. The van der Waals surface area contributed by atoms with Crippen LogP contribution >= 0.6 is 0 Å². The van der Waals surface area contributed by atoms with Crippen LogP contribution in [0.25, 0.3) is 0 Å². The van der Waals surface area contributed by atoms with Crippen LogP contribution in [0.15, 0.2) is 42.5 Å². The number of nitrogens with one attached hydrogen (secondary N) is 1. The van der Waals surface area contributed by atoms with Crippen molar-refractivity contribution in [2.24, 2.45) is 0 Å². The molecule has 138 valence electrons. The molecule has 1 aliphatic heterocycles. The van der Waals surface area contributed by atoms with E-state index in [0.29, 0.717) is 18.2 Å². The lowest BCUT2D eigenvalue weighted by Gasteiger charge is -2.20. The van der Waals surface area contributed by atoms with Gasteiger partial charge >= 0.3 is 5.97 Å². The van der Waals surface area contributed by atoms with Gasteiger partial charge in [-0.15, -0.1) is 0 Å². The number of anilines is 1. The summed E-state index contributed by atoms with van der Waals surface area (Å²) in [6.07, 6.45) is 1.03. The van der Waals surface area contributed by atoms with Crippen molar-refractivity contribution in [2.75, 3.05) is 32.2 Å². The molecule has 6 heteroatoms. The smallest absolute Gasteiger partial charge is 0.335 e. The number of hydrogen-bond donors (Lipinski definition) is 2. The fourth-order valence-corrected chi connectivity index (χ4v) is 3.21. The number of carboxylic acids is 1. The molecule has 6 nitrogen and oxygen atoms in total. The predicted molar refractivity (Wildman–Crippen MR) is 100 cm³/mol. The van der Waals surface area contributed by atoms with E-state index in [1.807, 2.05) is 24.3 Å². The Balaban J connectivity index is 1.61. The highest BCUT2D eigenvalue weighted by molar-refractivity contribution is 5.87. The van der Waals surface area contributed by atoms with E-state index in [2.05, 4.69) is 10.2 Å². The summed E-state index contributed by atoms with van der Waals surface area (Å²) in [6.45, 7) is 2.49. The molecule has 1 aliphatic rings. The molecule has 0 amide bonds. The highest BCUT2D eigenvalue weighted by Crippen LogP contribution is 2.30. The first-order valence-electron chi connectivity index (χ1n) is 8.62. The first-order valence-corrected chi connectivity index (χ1v) is 8.62. The van der Waals surface area contributed by atoms with Crippen LogP contribution in [-0.2, 0) is 6.54 Å². The molecule has 2 N–H and O–H groups in total. The largest absolute Gasteiger partial charge is 0.497 e. The molecule has 1 heterocycles. The Labute approximate surface area is 153 Å². The SMILES string of the molecule is COc1cc(OC)cc(N2CCC(NCc3cccc(C(=O)O)c3)C2)c1. The van der Waals surface area contributed by atoms with E-state index < -0.39 is 5.97 Å². The minimum Gasteiger partial charge on any atom is -0.497 e. The third-order valence-corrected chi connectivity index (χ3v) is 4.66. The number of ether oxygens (including phenoxy) is 2. The van der Waals surface area contributed by atoms with Crippen LogP contribution in [0.5, 0.6) is 11.5 Å². The first kappa shape index (κ1) is 18.1. The summed E-state index contributed by atoms with van der Waals surface area (Å²) < 4.78 is 10.7. The van der Waals surface area contributed by atoms with E-state index in [0.717, 1.165) is 42.3 Å². The van der Waals surface area contributed by atoms with Crippen molar-refractivity contribution >= 4 is 11.7 Å². The number of rotatable bonds is 7. The predicted octanol–water partition coefficient (Wildman–Crippen LogP) is 2.77. The summed E-state index contributed by atoms with van der Waals surface area (Å²) in [5.41, 5.74) is 2.38. The molecule has 3 rings (SSSR count). The Kier molecular flexibility index (Phi) is 5.63. The van der Waals surface area contributed by atoms with Gasteiger partial charge in [-0.05, 0) is 24.1 Å². The minimum absolute atomic E-state index is 0.320. The van der Waals surface area contributed by atoms with Crippen LogP contribution < -0.4 is 19.7 Å². The number of carboxylic acid groups (broad SMARTS) is 1. The Morgan fingerprint density at radius 2 is 1.92 bits per heavy atom. The highest BCUT2D eigenvalue weighted by atomic mass is 16.5. The molecule has 1 atom stereocenters. The quantitative estimate of drug-likeness (QED) is 0.795. The summed E-state index contributed by atoms with van der Waals surface area (Å²) in [5.74, 6) is 0.661.